The number of halogens is 1. The van der Waals surface area contributed by atoms with E-state index in [-0.39, 0.29) is 24.6 Å². The first-order valence-corrected chi connectivity index (χ1v) is 12.4. The van der Waals surface area contributed by atoms with Crippen molar-refractivity contribution in [3.8, 4) is 11.8 Å². The number of carbonyl (C=O) groups excluding carboxylic acids is 1. The van der Waals surface area contributed by atoms with Crippen LogP contribution in [-0.2, 0) is 13.0 Å². The molecule has 0 bridgehead atoms. The van der Waals surface area contributed by atoms with Gasteiger partial charge in [0.2, 0.25) is 0 Å². The number of hydrogen-bond donors (Lipinski definition) is 2. The molecular weight excluding hydrogens is 479 g/mol. The summed E-state index contributed by atoms with van der Waals surface area (Å²) in [5.74, 6) is 5.90. The van der Waals surface area contributed by atoms with E-state index in [9.17, 15) is 9.18 Å². The smallest absolute Gasteiger partial charge is 0.270 e. The van der Waals surface area contributed by atoms with Gasteiger partial charge in [0.1, 0.15) is 17.9 Å². The van der Waals surface area contributed by atoms with Crippen LogP contribution in [-0.4, -0.2) is 36.6 Å². The zero-order valence-corrected chi connectivity index (χ0v) is 21.0. The van der Waals surface area contributed by atoms with Gasteiger partial charge >= 0.3 is 0 Å². The highest BCUT2D eigenvalue weighted by atomic mass is 19.1. The highest BCUT2D eigenvalue weighted by Crippen LogP contribution is 2.30. The van der Waals surface area contributed by atoms with Gasteiger partial charge in [-0.3, -0.25) is 9.78 Å². The highest BCUT2D eigenvalue weighted by molar-refractivity contribution is 5.93. The van der Waals surface area contributed by atoms with Gasteiger partial charge in [0, 0.05) is 52.0 Å². The van der Waals surface area contributed by atoms with E-state index in [4.69, 9.17) is 0 Å². The third kappa shape index (κ3) is 4.66. The van der Waals surface area contributed by atoms with Gasteiger partial charge in [-0.05, 0) is 55.6 Å². The van der Waals surface area contributed by atoms with Gasteiger partial charge in [-0.1, -0.05) is 30.0 Å². The molecule has 4 aromatic heterocycles. The third-order valence-corrected chi connectivity index (χ3v) is 6.63. The first-order chi connectivity index (χ1) is 18.4. The molecule has 7 nitrogen and oxygen atoms in total. The van der Waals surface area contributed by atoms with Crippen LogP contribution in [0.25, 0.3) is 10.9 Å². The lowest BCUT2D eigenvalue weighted by molar-refractivity contribution is 0.0936. The van der Waals surface area contributed by atoms with Crippen LogP contribution >= 0.6 is 0 Å². The summed E-state index contributed by atoms with van der Waals surface area (Å²) in [6, 6.07) is 16.6. The molecule has 0 aliphatic carbocycles. The number of pyridine rings is 2. The predicted octanol–water partition coefficient (Wildman–Crippen LogP) is 4.58. The fourth-order valence-corrected chi connectivity index (χ4v) is 4.91. The van der Waals surface area contributed by atoms with Crippen LogP contribution in [0.3, 0.4) is 0 Å². The van der Waals surface area contributed by atoms with Gasteiger partial charge in [-0.25, -0.2) is 14.4 Å². The summed E-state index contributed by atoms with van der Waals surface area (Å²) < 4.78 is 16.0. The van der Waals surface area contributed by atoms with Gasteiger partial charge in [0.25, 0.3) is 5.91 Å². The summed E-state index contributed by atoms with van der Waals surface area (Å²) in [7, 11) is 0. The Balaban J connectivity index is 1.35. The number of aromatic nitrogens is 5. The lowest BCUT2D eigenvalue weighted by atomic mass is 10.1. The van der Waals surface area contributed by atoms with Crippen LogP contribution in [0.2, 0.25) is 0 Å². The Hall–Kier alpha value is -4.77. The van der Waals surface area contributed by atoms with E-state index in [1.54, 1.807) is 18.6 Å². The number of rotatable bonds is 4. The number of nitrogens with zero attached hydrogens (tertiary/aromatic N) is 4. The molecule has 188 valence electrons. The summed E-state index contributed by atoms with van der Waals surface area (Å²) >= 11 is 0. The maximum Gasteiger partial charge on any atom is 0.270 e. The number of aryl methyl sites for hydroxylation is 2. The Kier molecular flexibility index (Phi) is 5.97. The maximum atomic E-state index is 14.2. The fourth-order valence-electron chi connectivity index (χ4n) is 4.91. The molecule has 0 saturated heterocycles. The summed E-state index contributed by atoms with van der Waals surface area (Å²) in [5.41, 5.74) is 6.47. The topological polar surface area (TPSA) is 88.5 Å². The highest BCUT2D eigenvalue weighted by Gasteiger charge is 2.31. The van der Waals surface area contributed by atoms with E-state index >= 15 is 0 Å². The summed E-state index contributed by atoms with van der Waals surface area (Å²) in [6.45, 7) is 4.02. The number of nitrogens with one attached hydrogen (secondary N) is 2. The molecule has 8 heteroatoms. The van der Waals surface area contributed by atoms with Crippen LogP contribution < -0.4 is 5.32 Å². The monoisotopic (exact) mass is 504 g/mol. The zero-order valence-electron chi connectivity index (χ0n) is 21.0. The number of para-hydroxylation sites is 1. The van der Waals surface area contributed by atoms with Gasteiger partial charge in [-0.2, -0.15) is 0 Å². The van der Waals surface area contributed by atoms with E-state index in [0.29, 0.717) is 17.0 Å². The number of aromatic amines is 1. The van der Waals surface area contributed by atoms with Crippen molar-refractivity contribution in [1.82, 2.24) is 29.8 Å². The Morgan fingerprint density at radius 2 is 1.89 bits per heavy atom. The van der Waals surface area contributed by atoms with E-state index in [2.05, 4.69) is 37.1 Å². The van der Waals surface area contributed by atoms with Crippen molar-refractivity contribution >= 4 is 16.8 Å². The molecule has 0 fully saturated rings. The average molecular weight is 505 g/mol. The standard InChI is InChI=1S/C30H25FN6O/c1-18-11-20(9-10-32-18)7-8-21-12-19(2)34-26(13-21)30(38)36-28(25-14-22-5-3-4-6-24(22)35-25)29-27-15-23(31)16-37(27)17-33-29/h3-6,9-14,17,23,28,35H,15-16H2,1-2H3,(H,36,38)/t23-,28?/m1/s1. The van der Waals surface area contributed by atoms with Crippen LogP contribution in [0.4, 0.5) is 4.39 Å². The number of benzene rings is 1. The Bertz CT molecular complexity index is 1710. The zero-order chi connectivity index (χ0) is 26.2. The van der Waals surface area contributed by atoms with Crippen LogP contribution in [0, 0.1) is 25.7 Å². The number of fused-ring (bicyclic) bond motifs is 2. The Morgan fingerprint density at radius 3 is 2.74 bits per heavy atom. The first kappa shape index (κ1) is 23.6. The second kappa shape index (κ2) is 9.60. The molecule has 0 radical (unpaired) electrons. The lowest BCUT2D eigenvalue weighted by Gasteiger charge is -2.17. The van der Waals surface area contributed by atoms with Crippen molar-refractivity contribution in [3.05, 3.63) is 112 Å². The molecule has 2 N–H and O–H groups in total. The molecule has 5 heterocycles. The minimum atomic E-state index is -0.963. The first-order valence-electron chi connectivity index (χ1n) is 12.4. The predicted molar refractivity (Wildman–Crippen MR) is 142 cm³/mol. The molecule has 0 spiro atoms. The van der Waals surface area contributed by atoms with Gasteiger partial charge < -0.3 is 14.9 Å². The molecule has 5 aromatic rings. The molecule has 2 atom stereocenters. The SMILES string of the molecule is Cc1cc(C#Cc2cc(C)nc(C(=O)NC(c3cc4ccccc4[nH]3)c3ncn4c3C[C@@H](F)C4)c2)ccn1. The summed E-state index contributed by atoms with van der Waals surface area (Å²) in [5, 5.41) is 4.12. The van der Waals surface area contributed by atoms with Crippen molar-refractivity contribution in [3.63, 3.8) is 0 Å². The number of alkyl halides is 1. The molecule has 1 unspecified atom stereocenters. The van der Waals surface area contributed by atoms with Crippen molar-refractivity contribution < 1.29 is 9.18 Å². The number of hydrogen-bond acceptors (Lipinski definition) is 4. The fraction of sp³-hybridized carbons (Fsp3) is 0.200. The molecule has 6 rings (SSSR count). The van der Waals surface area contributed by atoms with E-state index in [1.807, 2.05) is 66.9 Å². The molecule has 38 heavy (non-hydrogen) atoms. The lowest BCUT2D eigenvalue weighted by Crippen LogP contribution is -2.31. The third-order valence-electron chi connectivity index (χ3n) is 6.63. The normalized spacial score (nSPS) is 15.1. The van der Waals surface area contributed by atoms with Crippen molar-refractivity contribution in [2.24, 2.45) is 0 Å². The minimum absolute atomic E-state index is 0.251. The van der Waals surface area contributed by atoms with Crippen LogP contribution in [0.1, 0.15) is 56.1 Å². The van der Waals surface area contributed by atoms with E-state index < -0.39 is 12.2 Å². The van der Waals surface area contributed by atoms with Crippen molar-refractivity contribution in [2.75, 3.05) is 0 Å². The number of imidazole rings is 1. The van der Waals surface area contributed by atoms with Crippen molar-refractivity contribution in [1.29, 1.82) is 0 Å². The Labute approximate surface area is 219 Å². The largest absolute Gasteiger partial charge is 0.356 e. The van der Waals surface area contributed by atoms with Gasteiger partial charge in [0.05, 0.1) is 18.6 Å². The summed E-state index contributed by atoms with van der Waals surface area (Å²) in [6.07, 6.45) is 2.66. The molecular formula is C30H25FN6O. The molecule has 1 aromatic carbocycles. The van der Waals surface area contributed by atoms with Crippen LogP contribution in [0.5, 0.6) is 0 Å². The van der Waals surface area contributed by atoms with Crippen molar-refractivity contribution in [2.45, 2.75) is 39.0 Å². The maximum absolute atomic E-state index is 14.2. The quantitative estimate of drug-likeness (QED) is 0.351. The number of amides is 1. The molecule has 1 amide bonds. The van der Waals surface area contributed by atoms with Crippen LogP contribution in [0.15, 0.2) is 67.1 Å². The van der Waals surface area contributed by atoms with E-state index in [1.165, 1.54) is 0 Å². The van der Waals surface area contributed by atoms with E-state index in [0.717, 1.165) is 33.5 Å². The number of H-pyrrole nitrogens is 1. The van der Waals surface area contributed by atoms with Gasteiger partial charge in [0.15, 0.2) is 0 Å². The Morgan fingerprint density at radius 1 is 1.08 bits per heavy atom. The molecule has 1 aliphatic heterocycles. The average Bonchev–Trinajstić information content (AvgIpc) is 3.59. The second-order valence-electron chi connectivity index (χ2n) is 9.57. The summed E-state index contributed by atoms with van der Waals surface area (Å²) in [4.78, 5) is 30.2. The molecule has 1 aliphatic rings. The minimum Gasteiger partial charge on any atom is -0.356 e. The number of carbonyl (C=O) groups is 1. The van der Waals surface area contributed by atoms with Gasteiger partial charge in [-0.15, -0.1) is 0 Å². The molecule has 0 saturated carbocycles. The second-order valence-corrected chi connectivity index (χ2v) is 9.57.